The van der Waals surface area contributed by atoms with E-state index in [0.29, 0.717) is 18.7 Å². The van der Waals surface area contributed by atoms with Crippen LogP contribution in [0.15, 0.2) is 18.2 Å². The summed E-state index contributed by atoms with van der Waals surface area (Å²) in [5.74, 6) is 0.792. The van der Waals surface area contributed by atoms with Crippen molar-refractivity contribution in [3.8, 4) is 5.75 Å². The molecule has 1 atom stereocenters. The number of anilines is 1. The summed E-state index contributed by atoms with van der Waals surface area (Å²) in [5.41, 5.74) is 1.84. The lowest BCUT2D eigenvalue weighted by atomic mass is 10.1. The van der Waals surface area contributed by atoms with Gasteiger partial charge in [0.25, 0.3) is 0 Å². The first-order valence-corrected chi connectivity index (χ1v) is 5.72. The highest BCUT2D eigenvalue weighted by Gasteiger charge is 2.32. The first-order chi connectivity index (χ1) is 8.17. The zero-order chi connectivity index (χ0) is 12.4. The van der Waals surface area contributed by atoms with Crippen LogP contribution in [0.2, 0.25) is 0 Å². The van der Waals surface area contributed by atoms with Gasteiger partial charge in [-0.15, -0.1) is 0 Å². The van der Waals surface area contributed by atoms with Crippen molar-refractivity contribution < 1.29 is 14.6 Å². The number of carbonyl (C=O) groups excluding carboxylic acids is 1. The van der Waals surface area contributed by atoms with E-state index in [1.807, 2.05) is 25.1 Å². The zero-order valence-corrected chi connectivity index (χ0v) is 10.1. The molecule has 4 nitrogen and oxygen atoms in total. The lowest BCUT2D eigenvalue weighted by Gasteiger charge is -2.21. The largest absolute Gasteiger partial charge is 0.495 e. The van der Waals surface area contributed by atoms with E-state index in [1.54, 1.807) is 12.0 Å². The van der Waals surface area contributed by atoms with Crippen LogP contribution >= 0.6 is 0 Å². The Morgan fingerprint density at radius 1 is 1.53 bits per heavy atom. The van der Waals surface area contributed by atoms with E-state index < -0.39 is 0 Å². The van der Waals surface area contributed by atoms with Gasteiger partial charge in [-0.25, -0.2) is 0 Å². The average molecular weight is 235 g/mol. The maximum Gasteiger partial charge on any atom is 0.227 e. The number of aliphatic hydroxyl groups excluding tert-OH is 1. The van der Waals surface area contributed by atoms with Gasteiger partial charge in [-0.1, -0.05) is 12.1 Å². The number of hydrogen-bond acceptors (Lipinski definition) is 3. The van der Waals surface area contributed by atoms with Crippen LogP contribution in [0.3, 0.4) is 0 Å². The van der Waals surface area contributed by atoms with Crippen molar-refractivity contribution in [1.82, 2.24) is 0 Å². The second-order valence-corrected chi connectivity index (χ2v) is 4.38. The highest BCUT2D eigenvalue weighted by Crippen LogP contribution is 2.35. The first kappa shape index (κ1) is 11.9. The van der Waals surface area contributed by atoms with Gasteiger partial charge in [0, 0.05) is 25.5 Å². The average Bonchev–Trinajstić information content (AvgIpc) is 2.70. The Kier molecular flexibility index (Phi) is 3.33. The van der Waals surface area contributed by atoms with Gasteiger partial charge in [-0.3, -0.25) is 4.79 Å². The lowest BCUT2D eigenvalue weighted by molar-refractivity contribution is -0.117. The summed E-state index contributed by atoms with van der Waals surface area (Å²) < 4.78 is 5.30. The number of benzene rings is 1. The molecule has 1 N–H and O–H groups in total. The SMILES string of the molecule is COc1cccc(C)c1N1CC(CO)CC1=O. The molecule has 0 radical (unpaired) electrons. The minimum Gasteiger partial charge on any atom is -0.495 e. The third kappa shape index (κ3) is 2.13. The molecule has 1 aliphatic rings. The van der Waals surface area contributed by atoms with Gasteiger partial charge in [-0.05, 0) is 18.6 Å². The molecule has 0 spiro atoms. The third-order valence-corrected chi connectivity index (χ3v) is 3.15. The lowest BCUT2D eigenvalue weighted by Crippen LogP contribution is -2.26. The standard InChI is InChI=1S/C13H17NO3/c1-9-4-3-5-11(17-2)13(9)14-7-10(8-15)6-12(14)16/h3-5,10,15H,6-8H2,1-2H3. The fraction of sp³-hybridized carbons (Fsp3) is 0.462. The van der Waals surface area contributed by atoms with Crippen LogP contribution in [-0.2, 0) is 4.79 Å². The van der Waals surface area contributed by atoms with Crippen molar-refractivity contribution >= 4 is 11.6 Å². The van der Waals surface area contributed by atoms with E-state index in [-0.39, 0.29) is 18.4 Å². The van der Waals surface area contributed by atoms with Crippen molar-refractivity contribution in [2.75, 3.05) is 25.2 Å². The van der Waals surface area contributed by atoms with Crippen molar-refractivity contribution in [3.05, 3.63) is 23.8 Å². The molecule has 1 aliphatic heterocycles. The van der Waals surface area contributed by atoms with Gasteiger partial charge >= 0.3 is 0 Å². The molecule has 1 aromatic carbocycles. The number of ether oxygens (including phenoxy) is 1. The Morgan fingerprint density at radius 2 is 2.29 bits per heavy atom. The summed E-state index contributed by atoms with van der Waals surface area (Å²) >= 11 is 0. The molecule has 0 aromatic heterocycles. The zero-order valence-electron chi connectivity index (χ0n) is 10.1. The molecule has 17 heavy (non-hydrogen) atoms. The highest BCUT2D eigenvalue weighted by molar-refractivity contribution is 5.98. The first-order valence-electron chi connectivity index (χ1n) is 5.72. The molecule has 0 bridgehead atoms. The van der Waals surface area contributed by atoms with Crippen LogP contribution in [-0.4, -0.2) is 31.3 Å². The van der Waals surface area contributed by atoms with Gasteiger partial charge in [0.1, 0.15) is 5.75 Å². The number of aliphatic hydroxyl groups is 1. The summed E-state index contributed by atoms with van der Waals surface area (Å²) in [6.45, 7) is 2.57. The minimum absolute atomic E-state index is 0.0341. The van der Waals surface area contributed by atoms with Crippen molar-refractivity contribution in [3.63, 3.8) is 0 Å². The smallest absolute Gasteiger partial charge is 0.227 e. The van der Waals surface area contributed by atoms with Crippen molar-refractivity contribution in [2.45, 2.75) is 13.3 Å². The molecule has 2 rings (SSSR count). The molecule has 1 aromatic rings. The van der Waals surface area contributed by atoms with Crippen molar-refractivity contribution in [1.29, 1.82) is 0 Å². The third-order valence-electron chi connectivity index (χ3n) is 3.15. The van der Waals surface area contributed by atoms with Gasteiger partial charge in [0.15, 0.2) is 0 Å². The van der Waals surface area contributed by atoms with Crippen LogP contribution in [0.1, 0.15) is 12.0 Å². The van der Waals surface area contributed by atoms with Gasteiger partial charge in [0.2, 0.25) is 5.91 Å². The molecular formula is C13H17NO3. The van der Waals surface area contributed by atoms with Crippen LogP contribution in [0.4, 0.5) is 5.69 Å². The van der Waals surface area contributed by atoms with Gasteiger partial charge < -0.3 is 14.7 Å². The molecule has 0 aliphatic carbocycles. The highest BCUT2D eigenvalue weighted by atomic mass is 16.5. The molecule has 92 valence electrons. The topological polar surface area (TPSA) is 49.8 Å². The Labute approximate surface area is 101 Å². The number of methoxy groups -OCH3 is 1. The fourth-order valence-electron chi connectivity index (χ4n) is 2.26. The van der Waals surface area contributed by atoms with Crippen LogP contribution in [0, 0.1) is 12.8 Å². The van der Waals surface area contributed by atoms with E-state index in [0.717, 1.165) is 11.3 Å². The monoisotopic (exact) mass is 235 g/mol. The Hall–Kier alpha value is -1.55. The number of carbonyl (C=O) groups is 1. The number of rotatable bonds is 3. The normalized spacial score (nSPS) is 19.8. The van der Waals surface area contributed by atoms with E-state index in [2.05, 4.69) is 0 Å². The Morgan fingerprint density at radius 3 is 2.88 bits per heavy atom. The van der Waals surface area contributed by atoms with Crippen LogP contribution in [0.25, 0.3) is 0 Å². The van der Waals surface area contributed by atoms with Crippen LogP contribution < -0.4 is 9.64 Å². The predicted molar refractivity (Wildman–Crippen MR) is 65.3 cm³/mol. The summed E-state index contributed by atoms with van der Waals surface area (Å²) in [6, 6.07) is 5.71. The Balaban J connectivity index is 2.37. The minimum atomic E-state index is 0.0341. The number of hydrogen-bond donors (Lipinski definition) is 1. The molecule has 1 fully saturated rings. The van der Waals surface area contributed by atoms with Crippen LogP contribution in [0.5, 0.6) is 5.75 Å². The molecule has 4 heteroatoms. The molecule has 1 unspecified atom stereocenters. The fourth-order valence-corrected chi connectivity index (χ4v) is 2.26. The predicted octanol–water partition coefficient (Wildman–Crippen LogP) is 1.35. The molecule has 1 saturated heterocycles. The summed E-state index contributed by atoms with van der Waals surface area (Å²) in [6.07, 6.45) is 0.411. The molecular weight excluding hydrogens is 218 g/mol. The summed E-state index contributed by atoms with van der Waals surface area (Å²) in [7, 11) is 1.60. The Bertz CT molecular complexity index is 431. The number of amides is 1. The van der Waals surface area contributed by atoms with Gasteiger partial charge in [0.05, 0.1) is 12.8 Å². The number of nitrogens with zero attached hydrogens (tertiary/aromatic N) is 1. The number of aryl methyl sites for hydroxylation is 1. The molecule has 0 saturated carbocycles. The maximum atomic E-state index is 11.9. The van der Waals surface area contributed by atoms with E-state index in [9.17, 15) is 4.79 Å². The van der Waals surface area contributed by atoms with Crippen molar-refractivity contribution in [2.24, 2.45) is 5.92 Å². The second kappa shape index (κ2) is 4.75. The van der Waals surface area contributed by atoms with E-state index >= 15 is 0 Å². The van der Waals surface area contributed by atoms with Gasteiger partial charge in [-0.2, -0.15) is 0 Å². The summed E-state index contributed by atoms with van der Waals surface area (Å²) in [4.78, 5) is 13.6. The number of para-hydroxylation sites is 1. The second-order valence-electron chi connectivity index (χ2n) is 4.38. The molecule has 1 heterocycles. The maximum absolute atomic E-state index is 11.9. The molecule has 1 amide bonds. The van der Waals surface area contributed by atoms with E-state index in [1.165, 1.54) is 0 Å². The quantitative estimate of drug-likeness (QED) is 0.860. The summed E-state index contributed by atoms with van der Waals surface area (Å²) in [5, 5.41) is 9.13. The van der Waals surface area contributed by atoms with E-state index in [4.69, 9.17) is 9.84 Å².